The average Bonchev–Trinajstić information content (AvgIpc) is 3.63. The number of amides is 1. The van der Waals surface area contributed by atoms with Crippen molar-refractivity contribution in [3.05, 3.63) is 58.9 Å². The number of rotatable bonds is 8. The summed E-state index contributed by atoms with van der Waals surface area (Å²) in [6.45, 7) is 3.53. The Kier molecular flexibility index (Phi) is 6.46. The molecule has 1 fully saturated rings. The van der Waals surface area contributed by atoms with Crippen LogP contribution in [0.25, 0.3) is 0 Å². The van der Waals surface area contributed by atoms with Crippen molar-refractivity contribution in [3.8, 4) is 11.5 Å². The van der Waals surface area contributed by atoms with Crippen molar-refractivity contribution in [2.75, 3.05) is 20.8 Å². The first-order valence-corrected chi connectivity index (χ1v) is 11.2. The first-order valence-electron chi connectivity index (χ1n) is 11.2. The van der Waals surface area contributed by atoms with Crippen LogP contribution in [0, 0.1) is 11.7 Å². The van der Waals surface area contributed by atoms with Gasteiger partial charge in [0.15, 0.2) is 11.5 Å². The molecule has 1 saturated carbocycles. The number of methoxy groups -OCH3 is 2. The largest absolute Gasteiger partial charge is 0.493 e. The van der Waals surface area contributed by atoms with Gasteiger partial charge in [0.25, 0.3) is 0 Å². The minimum absolute atomic E-state index is 0.0101. The number of hydrogen-bond donors (Lipinski definition) is 2. The molecule has 0 bridgehead atoms. The molecule has 166 valence electrons. The number of fused-ring (bicyclic) bond motifs is 1. The van der Waals surface area contributed by atoms with Crippen LogP contribution < -0.4 is 19.7 Å². The van der Waals surface area contributed by atoms with Crippen LogP contribution >= 0.6 is 0 Å². The van der Waals surface area contributed by atoms with E-state index in [1.54, 1.807) is 20.3 Å². The molecule has 1 amide bonds. The smallest absolute Gasteiger partial charge is 0.223 e. The topological polar surface area (TPSA) is 52.0 Å². The molecule has 2 aromatic rings. The van der Waals surface area contributed by atoms with E-state index in [-0.39, 0.29) is 29.7 Å². The predicted molar refractivity (Wildman–Crippen MR) is 117 cm³/mol. The van der Waals surface area contributed by atoms with E-state index in [1.165, 1.54) is 16.5 Å². The average molecular weight is 428 g/mol. The molecule has 2 aliphatic rings. The summed E-state index contributed by atoms with van der Waals surface area (Å²) in [6, 6.07) is 11.0. The zero-order valence-electron chi connectivity index (χ0n) is 18.5. The molecule has 1 aliphatic heterocycles. The van der Waals surface area contributed by atoms with Crippen LogP contribution in [0.4, 0.5) is 4.39 Å². The van der Waals surface area contributed by atoms with Crippen LogP contribution in [0.3, 0.4) is 0 Å². The Morgan fingerprint density at radius 3 is 2.55 bits per heavy atom. The Hall–Kier alpha value is -2.60. The van der Waals surface area contributed by atoms with Gasteiger partial charge in [-0.3, -0.25) is 4.79 Å². The minimum atomic E-state index is -0.179. The van der Waals surface area contributed by atoms with E-state index >= 15 is 0 Å². The molecule has 0 aromatic heterocycles. The summed E-state index contributed by atoms with van der Waals surface area (Å²) in [5.74, 6) is 1.51. The summed E-state index contributed by atoms with van der Waals surface area (Å²) in [5, 5.41) is 3.31. The maximum atomic E-state index is 14.5. The fourth-order valence-corrected chi connectivity index (χ4v) is 4.77. The first-order chi connectivity index (χ1) is 15.0. The SMILES string of the molecule is CC[C@@H](NC(=O)C1CC1)[C@@H]1c2cc(OC)c(OC)cc2CC[NH+]1Cc1ccccc1F. The van der Waals surface area contributed by atoms with Gasteiger partial charge in [-0.25, -0.2) is 4.39 Å². The quantitative estimate of drug-likeness (QED) is 0.681. The lowest BCUT2D eigenvalue weighted by Crippen LogP contribution is -3.13. The Balaban J connectivity index is 1.72. The molecule has 3 atom stereocenters. The number of carbonyl (C=O) groups excluding carboxylic acids is 1. The zero-order chi connectivity index (χ0) is 22.0. The number of carbonyl (C=O) groups is 1. The van der Waals surface area contributed by atoms with Gasteiger partial charge in [0, 0.05) is 23.5 Å². The highest BCUT2D eigenvalue weighted by Crippen LogP contribution is 2.36. The molecule has 1 unspecified atom stereocenters. The Bertz CT molecular complexity index is 944. The third kappa shape index (κ3) is 4.54. The van der Waals surface area contributed by atoms with Gasteiger partial charge < -0.3 is 19.7 Å². The van der Waals surface area contributed by atoms with Crippen molar-refractivity contribution in [1.82, 2.24) is 5.32 Å². The molecule has 0 saturated heterocycles. The molecule has 2 N–H and O–H groups in total. The molecular formula is C25H32FN2O3+. The number of quaternary nitrogens is 1. The Morgan fingerprint density at radius 2 is 1.90 bits per heavy atom. The van der Waals surface area contributed by atoms with Crippen LogP contribution in [0.2, 0.25) is 0 Å². The molecule has 31 heavy (non-hydrogen) atoms. The molecule has 0 spiro atoms. The van der Waals surface area contributed by atoms with Crippen LogP contribution in [0.15, 0.2) is 36.4 Å². The molecule has 1 heterocycles. The van der Waals surface area contributed by atoms with Gasteiger partial charge >= 0.3 is 0 Å². The lowest BCUT2D eigenvalue weighted by Gasteiger charge is -2.39. The van der Waals surface area contributed by atoms with Gasteiger partial charge in [-0.05, 0) is 43.0 Å². The molecule has 1 aliphatic carbocycles. The highest BCUT2D eigenvalue weighted by atomic mass is 19.1. The fourth-order valence-electron chi connectivity index (χ4n) is 4.77. The molecule has 2 aromatic carbocycles. The van der Waals surface area contributed by atoms with Gasteiger partial charge in [0.05, 0.1) is 26.8 Å². The fraction of sp³-hybridized carbons (Fsp3) is 0.480. The van der Waals surface area contributed by atoms with E-state index in [9.17, 15) is 9.18 Å². The number of benzene rings is 2. The third-order valence-corrected chi connectivity index (χ3v) is 6.63. The lowest BCUT2D eigenvalue weighted by molar-refractivity contribution is -0.948. The van der Waals surface area contributed by atoms with Gasteiger partial charge in [0.2, 0.25) is 5.91 Å². The summed E-state index contributed by atoms with van der Waals surface area (Å²) >= 11 is 0. The second-order valence-electron chi connectivity index (χ2n) is 8.61. The molecule has 6 heteroatoms. The van der Waals surface area contributed by atoms with Crippen LogP contribution in [-0.2, 0) is 17.8 Å². The Morgan fingerprint density at radius 1 is 1.19 bits per heavy atom. The van der Waals surface area contributed by atoms with E-state index in [0.717, 1.165) is 37.8 Å². The monoisotopic (exact) mass is 427 g/mol. The van der Waals surface area contributed by atoms with Crippen LogP contribution in [-0.4, -0.2) is 32.7 Å². The summed E-state index contributed by atoms with van der Waals surface area (Å²) in [5.41, 5.74) is 3.06. The lowest BCUT2D eigenvalue weighted by atomic mass is 9.86. The summed E-state index contributed by atoms with van der Waals surface area (Å²) in [4.78, 5) is 13.9. The van der Waals surface area contributed by atoms with E-state index in [4.69, 9.17) is 9.47 Å². The molecule has 0 radical (unpaired) electrons. The van der Waals surface area contributed by atoms with Gasteiger partial charge in [0.1, 0.15) is 18.4 Å². The zero-order valence-corrected chi connectivity index (χ0v) is 18.5. The first kappa shape index (κ1) is 21.6. The second-order valence-corrected chi connectivity index (χ2v) is 8.61. The highest BCUT2D eigenvalue weighted by Gasteiger charge is 2.40. The van der Waals surface area contributed by atoms with Crippen molar-refractivity contribution >= 4 is 5.91 Å². The van der Waals surface area contributed by atoms with Crippen molar-refractivity contribution in [1.29, 1.82) is 0 Å². The van der Waals surface area contributed by atoms with Gasteiger partial charge in [-0.1, -0.05) is 25.1 Å². The molecular weight excluding hydrogens is 395 g/mol. The summed E-state index contributed by atoms with van der Waals surface area (Å²) < 4.78 is 25.6. The number of halogens is 1. The van der Waals surface area contributed by atoms with Crippen LogP contribution in [0.1, 0.15) is 48.9 Å². The third-order valence-electron chi connectivity index (χ3n) is 6.63. The number of hydrogen-bond acceptors (Lipinski definition) is 3. The van der Waals surface area contributed by atoms with E-state index in [1.807, 2.05) is 18.2 Å². The summed E-state index contributed by atoms with van der Waals surface area (Å²) in [6.07, 6.45) is 3.61. The van der Waals surface area contributed by atoms with Crippen molar-refractivity contribution in [2.24, 2.45) is 5.92 Å². The van der Waals surface area contributed by atoms with Gasteiger partial charge in [-0.2, -0.15) is 0 Å². The number of ether oxygens (including phenoxy) is 2. The maximum Gasteiger partial charge on any atom is 0.223 e. The van der Waals surface area contributed by atoms with E-state index in [2.05, 4.69) is 18.3 Å². The standard InChI is InChI=1S/C25H31FN2O3/c1-4-21(27-25(29)16-9-10-16)24-19-14-23(31-3)22(30-2)13-17(19)11-12-28(24)15-18-7-5-6-8-20(18)26/h5-8,13-14,16,21,24H,4,9-12,15H2,1-3H3,(H,27,29)/p+1/t21-,24+/m1/s1. The second kappa shape index (κ2) is 9.27. The van der Waals surface area contributed by atoms with E-state index in [0.29, 0.717) is 23.6 Å². The molecule has 5 nitrogen and oxygen atoms in total. The van der Waals surface area contributed by atoms with Crippen LogP contribution in [0.5, 0.6) is 11.5 Å². The maximum absolute atomic E-state index is 14.5. The van der Waals surface area contributed by atoms with Crippen molar-refractivity contribution in [3.63, 3.8) is 0 Å². The van der Waals surface area contributed by atoms with Gasteiger partial charge in [-0.15, -0.1) is 0 Å². The normalized spacial score (nSPS) is 21.2. The van der Waals surface area contributed by atoms with Crippen molar-refractivity contribution in [2.45, 2.75) is 51.2 Å². The highest BCUT2D eigenvalue weighted by molar-refractivity contribution is 5.81. The predicted octanol–water partition coefficient (Wildman–Crippen LogP) is 2.83. The van der Waals surface area contributed by atoms with E-state index < -0.39 is 0 Å². The summed E-state index contributed by atoms with van der Waals surface area (Å²) in [7, 11) is 3.28. The minimum Gasteiger partial charge on any atom is -0.493 e. The van der Waals surface area contributed by atoms with Crippen molar-refractivity contribution < 1.29 is 23.6 Å². The molecule has 4 rings (SSSR count). The Labute approximate surface area is 183 Å². The number of nitrogens with one attached hydrogen (secondary N) is 2.